The lowest BCUT2D eigenvalue weighted by Crippen LogP contribution is -2.30. The Balaban J connectivity index is 3.78. The summed E-state index contributed by atoms with van der Waals surface area (Å²) in [7, 11) is 1.09. The van der Waals surface area contributed by atoms with Crippen LogP contribution in [0.1, 0.15) is 26.7 Å². The number of ketones is 1. The van der Waals surface area contributed by atoms with Crippen LogP contribution >= 0.6 is 11.8 Å². The van der Waals surface area contributed by atoms with Crippen molar-refractivity contribution in [2.45, 2.75) is 26.7 Å². The Labute approximate surface area is 116 Å². The van der Waals surface area contributed by atoms with Crippen molar-refractivity contribution in [3.05, 3.63) is 0 Å². The second kappa shape index (κ2) is 9.55. The third kappa shape index (κ3) is 7.61. The van der Waals surface area contributed by atoms with Gasteiger partial charge in [-0.3, -0.25) is 14.4 Å². The van der Waals surface area contributed by atoms with Gasteiger partial charge in [-0.25, -0.2) is 4.79 Å². The van der Waals surface area contributed by atoms with Crippen LogP contribution in [-0.4, -0.2) is 42.2 Å². The molecule has 0 aliphatic rings. The molecule has 6 nitrogen and oxygen atoms in total. The van der Waals surface area contributed by atoms with Crippen molar-refractivity contribution in [1.82, 2.24) is 5.32 Å². The van der Waals surface area contributed by atoms with Crippen LogP contribution in [0.3, 0.4) is 0 Å². The molecule has 0 heterocycles. The number of hydrogen-bond donors (Lipinski definition) is 1. The zero-order valence-electron chi connectivity index (χ0n) is 11.4. The molecule has 7 heteroatoms. The van der Waals surface area contributed by atoms with Gasteiger partial charge in [-0.15, -0.1) is 0 Å². The first-order valence-electron chi connectivity index (χ1n) is 5.96. The molecule has 0 bridgehead atoms. The molecule has 19 heavy (non-hydrogen) atoms. The lowest BCUT2D eigenvalue weighted by atomic mass is 10.1. The smallest absolute Gasteiger partial charge is 0.374 e. The fraction of sp³-hybridized carbons (Fsp3) is 0.667. The Morgan fingerprint density at radius 3 is 2.42 bits per heavy atom. The summed E-state index contributed by atoms with van der Waals surface area (Å²) in [5, 5.41) is 2.28. The Morgan fingerprint density at radius 1 is 1.26 bits per heavy atom. The Hall–Kier alpha value is -1.37. The van der Waals surface area contributed by atoms with E-state index in [2.05, 4.69) is 10.1 Å². The SMILES string of the molecule is CCC(C)C(=O)NCCSC(=O)CC(=O)C(=O)OC. The maximum atomic E-state index is 11.4. The number of Topliss-reactive ketones (excluding diaryl/α,β-unsaturated/α-hetero) is 1. The summed E-state index contributed by atoms with van der Waals surface area (Å²) in [6.07, 6.45) is 0.280. The number of carbonyl (C=O) groups is 4. The fourth-order valence-electron chi connectivity index (χ4n) is 1.07. The summed E-state index contributed by atoms with van der Waals surface area (Å²) >= 11 is 0.912. The molecule has 1 N–H and O–H groups in total. The van der Waals surface area contributed by atoms with Gasteiger partial charge in [0.05, 0.1) is 13.5 Å². The molecule has 0 saturated carbocycles. The topological polar surface area (TPSA) is 89.5 Å². The molecule has 0 aromatic rings. The van der Waals surface area contributed by atoms with Crippen LogP contribution in [0.25, 0.3) is 0 Å². The third-order valence-corrected chi connectivity index (χ3v) is 3.32. The van der Waals surface area contributed by atoms with Crippen LogP contribution < -0.4 is 5.32 Å². The summed E-state index contributed by atoms with van der Waals surface area (Å²) in [5.41, 5.74) is 0. The van der Waals surface area contributed by atoms with Gasteiger partial charge >= 0.3 is 5.97 Å². The molecule has 1 atom stereocenters. The van der Waals surface area contributed by atoms with E-state index in [-0.39, 0.29) is 11.8 Å². The highest BCUT2D eigenvalue weighted by molar-refractivity contribution is 8.13. The zero-order chi connectivity index (χ0) is 14.8. The Kier molecular flexibility index (Phi) is 8.86. The van der Waals surface area contributed by atoms with Crippen molar-refractivity contribution in [3.63, 3.8) is 0 Å². The summed E-state index contributed by atoms with van der Waals surface area (Å²) in [4.78, 5) is 44.6. The van der Waals surface area contributed by atoms with Gasteiger partial charge in [0.2, 0.25) is 11.7 Å². The predicted molar refractivity (Wildman–Crippen MR) is 71.6 cm³/mol. The number of nitrogens with one attached hydrogen (secondary N) is 1. The summed E-state index contributed by atoms with van der Waals surface area (Å²) < 4.78 is 4.20. The maximum absolute atomic E-state index is 11.4. The average Bonchev–Trinajstić information content (AvgIpc) is 2.41. The second-order valence-corrected chi connectivity index (χ2v) is 5.06. The first-order valence-corrected chi connectivity index (χ1v) is 6.95. The molecule has 0 fully saturated rings. The van der Waals surface area contributed by atoms with Gasteiger partial charge in [0.1, 0.15) is 0 Å². The average molecular weight is 289 g/mol. The van der Waals surface area contributed by atoms with Crippen LogP contribution in [0.4, 0.5) is 0 Å². The first-order chi connectivity index (χ1) is 8.92. The fourth-order valence-corrected chi connectivity index (χ4v) is 1.73. The highest BCUT2D eigenvalue weighted by Crippen LogP contribution is 2.06. The molecule has 0 aliphatic carbocycles. The number of amides is 1. The molecule has 1 amide bonds. The maximum Gasteiger partial charge on any atom is 0.374 e. The molecule has 0 aliphatic heterocycles. The van der Waals surface area contributed by atoms with Gasteiger partial charge < -0.3 is 10.1 Å². The van der Waals surface area contributed by atoms with Gasteiger partial charge in [0.25, 0.3) is 0 Å². The Morgan fingerprint density at radius 2 is 1.89 bits per heavy atom. The Bertz CT molecular complexity index is 356. The zero-order valence-corrected chi connectivity index (χ0v) is 12.2. The summed E-state index contributed by atoms with van der Waals surface area (Å²) in [5.74, 6) is -1.61. The number of esters is 1. The van der Waals surface area contributed by atoms with Gasteiger partial charge in [-0.1, -0.05) is 25.6 Å². The van der Waals surface area contributed by atoms with Crippen LogP contribution in [-0.2, 0) is 23.9 Å². The number of ether oxygens (including phenoxy) is 1. The molecule has 1 unspecified atom stereocenters. The molecule has 0 saturated heterocycles. The molecular formula is C12H19NO5S. The largest absolute Gasteiger partial charge is 0.463 e. The molecule has 0 aromatic heterocycles. The van der Waals surface area contributed by atoms with E-state index in [0.717, 1.165) is 25.3 Å². The van der Waals surface area contributed by atoms with E-state index in [9.17, 15) is 19.2 Å². The quantitative estimate of drug-likeness (QED) is 0.303. The number of hydrogen-bond acceptors (Lipinski definition) is 6. The van der Waals surface area contributed by atoms with Gasteiger partial charge in [0.15, 0.2) is 5.12 Å². The van der Waals surface area contributed by atoms with Gasteiger partial charge in [-0.05, 0) is 6.42 Å². The van der Waals surface area contributed by atoms with Gasteiger partial charge in [-0.2, -0.15) is 0 Å². The standard InChI is InChI=1S/C12H19NO5S/c1-4-8(2)11(16)13-5-6-19-10(15)7-9(14)12(17)18-3/h8H,4-7H2,1-3H3,(H,13,16). The predicted octanol–water partition coefficient (Wildman–Crippen LogP) is 0.541. The summed E-state index contributed by atoms with van der Waals surface area (Å²) in [6.45, 7) is 4.09. The highest BCUT2D eigenvalue weighted by Gasteiger charge is 2.18. The number of rotatable bonds is 8. The first kappa shape index (κ1) is 17.6. The number of carbonyl (C=O) groups excluding carboxylic acids is 4. The molecule has 0 rings (SSSR count). The van der Waals surface area contributed by atoms with Crippen molar-refractivity contribution in [2.24, 2.45) is 5.92 Å². The van der Waals surface area contributed by atoms with Crippen molar-refractivity contribution in [2.75, 3.05) is 19.4 Å². The molecule has 0 spiro atoms. The van der Waals surface area contributed by atoms with Crippen LogP contribution in [0.15, 0.2) is 0 Å². The van der Waals surface area contributed by atoms with Crippen LogP contribution in [0.5, 0.6) is 0 Å². The molecule has 0 aromatic carbocycles. The van der Waals surface area contributed by atoms with Crippen molar-refractivity contribution in [3.8, 4) is 0 Å². The van der Waals surface area contributed by atoms with E-state index in [0.29, 0.717) is 12.3 Å². The van der Waals surface area contributed by atoms with E-state index < -0.39 is 23.3 Å². The number of thioether (sulfide) groups is 1. The molecule has 0 radical (unpaired) electrons. The van der Waals surface area contributed by atoms with Gasteiger partial charge in [0, 0.05) is 18.2 Å². The van der Waals surface area contributed by atoms with Crippen LogP contribution in [0.2, 0.25) is 0 Å². The van der Waals surface area contributed by atoms with E-state index >= 15 is 0 Å². The second-order valence-electron chi connectivity index (χ2n) is 3.91. The van der Waals surface area contributed by atoms with Crippen molar-refractivity contribution >= 4 is 34.5 Å². The third-order valence-electron chi connectivity index (χ3n) is 2.44. The minimum absolute atomic E-state index is 0.0541. The highest BCUT2D eigenvalue weighted by atomic mass is 32.2. The molecule has 108 valence electrons. The van der Waals surface area contributed by atoms with E-state index in [4.69, 9.17) is 0 Å². The minimum Gasteiger partial charge on any atom is -0.463 e. The van der Waals surface area contributed by atoms with E-state index in [1.807, 2.05) is 13.8 Å². The number of methoxy groups -OCH3 is 1. The van der Waals surface area contributed by atoms with Crippen LogP contribution in [0, 0.1) is 5.92 Å². The monoisotopic (exact) mass is 289 g/mol. The lowest BCUT2D eigenvalue weighted by Gasteiger charge is -2.09. The lowest BCUT2D eigenvalue weighted by molar-refractivity contribution is -0.152. The minimum atomic E-state index is -1.01. The van der Waals surface area contributed by atoms with E-state index in [1.165, 1.54) is 0 Å². The summed E-state index contributed by atoms with van der Waals surface area (Å²) in [6, 6.07) is 0. The van der Waals surface area contributed by atoms with Crippen molar-refractivity contribution in [1.29, 1.82) is 0 Å². The molecular weight excluding hydrogens is 270 g/mol. The normalized spacial score (nSPS) is 11.5. The van der Waals surface area contributed by atoms with Crippen molar-refractivity contribution < 1.29 is 23.9 Å². The van der Waals surface area contributed by atoms with E-state index in [1.54, 1.807) is 0 Å².